The maximum Gasteiger partial charge on any atom is 0.170 e. The van der Waals surface area contributed by atoms with Crippen molar-refractivity contribution >= 4 is 0 Å². The lowest BCUT2D eigenvalue weighted by Crippen LogP contribution is -2.35. The van der Waals surface area contributed by atoms with Crippen molar-refractivity contribution < 1.29 is 28.4 Å². The molecule has 17 heavy (non-hydrogen) atoms. The predicted molar refractivity (Wildman–Crippen MR) is 65.5 cm³/mol. The van der Waals surface area contributed by atoms with Crippen LogP contribution < -0.4 is 8.40 Å². The molecule has 3 nitrogen and oxygen atoms in total. The standard InChI is InChI=1S/C13H30N.BrO2/c1-5-6-7-8-9-10-11-12-13-14(2,3)4;2-1-3/h5-13H2,1-4H3;/q+1;-1. The molecular weight excluding hydrogens is 282 g/mol. The van der Waals surface area contributed by atoms with Gasteiger partial charge in [0.1, 0.15) is 0 Å². The van der Waals surface area contributed by atoms with E-state index < -0.39 is 15.5 Å². The molecule has 0 unspecified atom stereocenters. The topological polar surface area (TPSA) is 46.1 Å². The first-order valence-corrected chi connectivity index (χ1v) is 7.97. The average Bonchev–Trinajstić information content (AvgIpc) is 2.22. The van der Waals surface area contributed by atoms with E-state index in [0.29, 0.717) is 0 Å². The van der Waals surface area contributed by atoms with E-state index in [1.807, 2.05) is 0 Å². The monoisotopic (exact) mass is 311 g/mol. The van der Waals surface area contributed by atoms with Crippen molar-refractivity contribution in [1.29, 1.82) is 0 Å². The molecule has 0 atom stereocenters. The van der Waals surface area contributed by atoms with Crippen molar-refractivity contribution in [3.05, 3.63) is 0 Å². The van der Waals surface area contributed by atoms with Crippen molar-refractivity contribution in [2.45, 2.75) is 58.3 Å². The van der Waals surface area contributed by atoms with Crippen LogP contribution in [0.5, 0.6) is 0 Å². The second kappa shape index (κ2) is 14.4. The summed E-state index contributed by atoms with van der Waals surface area (Å²) >= 11 is -1.44. The Bertz CT molecular complexity index is 138. The third-order valence-electron chi connectivity index (χ3n) is 2.68. The lowest BCUT2D eigenvalue weighted by Gasteiger charge is -2.23. The maximum absolute atomic E-state index is 8.41. The Balaban J connectivity index is 0. The maximum atomic E-state index is 8.41. The highest BCUT2D eigenvalue weighted by Crippen LogP contribution is 2.09. The number of halogens is 1. The molecule has 0 aromatic heterocycles. The van der Waals surface area contributed by atoms with Gasteiger partial charge in [0.25, 0.3) is 0 Å². The van der Waals surface area contributed by atoms with Gasteiger partial charge in [-0.25, -0.2) is 0 Å². The van der Waals surface area contributed by atoms with Gasteiger partial charge in [0.15, 0.2) is 15.5 Å². The van der Waals surface area contributed by atoms with Gasteiger partial charge >= 0.3 is 0 Å². The fourth-order valence-electron chi connectivity index (χ4n) is 1.72. The molecule has 4 heteroatoms. The van der Waals surface area contributed by atoms with Crippen LogP contribution in [0.4, 0.5) is 0 Å². The van der Waals surface area contributed by atoms with Crippen molar-refractivity contribution in [1.82, 2.24) is 0 Å². The molecule has 0 saturated carbocycles. The van der Waals surface area contributed by atoms with E-state index in [1.165, 1.54) is 57.9 Å². The number of nitrogens with zero attached hydrogens (tertiary/aromatic N) is 1. The first-order chi connectivity index (χ1) is 7.97. The minimum Gasteiger partial charge on any atom is -0.585 e. The highest BCUT2D eigenvalue weighted by molar-refractivity contribution is 4.45. The zero-order valence-corrected chi connectivity index (χ0v) is 13.6. The zero-order valence-electron chi connectivity index (χ0n) is 12.0. The third-order valence-corrected chi connectivity index (χ3v) is 2.68. The minimum absolute atomic E-state index is 1.12. The van der Waals surface area contributed by atoms with Crippen LogP contribution in [0.3, 0.4) is 0 Å². The summed E-state index contributed by atoms with van der Waals surface area (Å²) in [6.45, 7) is 3.61. The summed E-state index contributed by atoms with van der Waals surface area (Å²) in [6, 6.07) is 0. The molecule has 0 N–H and O–H groups in total. The van der Waals surface area contributed by atoms with E-state index in [1.54, 1.807) is 0 Å². The molecule has 0 saturated heterocycles. The Hall–Kier alpha value is 0.360. The smallest absolute Gasteiger partial charge is 0.170 e. The molecule has 0 aliphatic carbocycles. The summed E-state index contributed by atoms with van der Waals surface area (Å²) in [5.41, 5.74) is 0. The Morgan fingerprint density at radius 1 is 0.765 bits per heavy atom. The van der Waals surface area contributed by atoms with Gasteiger partial charge in [-0.15, -0.1) is 0 Å². The van der Waals surface area contributed by atoms with E-state index in [9.17, 15) is 0 Å². The van der Waals surface area contributed by atoms with Crippen molar-refractivity contribution in [3.63, 3.8) is 0 Å². The summed E-state index contributed by atoms with van der Waals surface area (Å²) in [5.74, 6) is 0. The Morgan fingerprint density at radius 2 is 1.12 bits per heavy atom. The lowest BCUT2D eigenvalue weighted by atomic mass is 10.1. The van der Waals surface area contributed by atoms with Crippen LogP contribution in [-0.4, -0.2) is 32.2 Å². The predicted octanol–water partition coefficient (Wildman–Crippen LogP) is 1.46. The molecule has 0 amide bonds. The molecule has 0 aliphatic heterocycles. The zero-order chi connectivity index (χ0) is 13.6. The van der Waals surface area contributed by atoms with Gasteiger partial charge in [0, 0.05) is 0 Å². The van der Waals surface area contributed by atoms with Gasteiger partial charge in [-0.3, -0.25) is 0 Å². The Labute approximate surface area is 115 Å². The molecular formula is C13H30BrNO2. The van der Waals surface area contributed by atoms with E-state index in [-0.39, 0.29) is 0 Å². The molecule has 0 radical (unpaired) electrons. The van der Waals surface area contributed by atoms with E-state index in [4.69, 9.17) is 8.40 Å². The summed E-state index contributed by atoms with van der Waals surface area (Å²) in [7, 11) is 6.84. The van der Waals surface area contributed by atoms with E-state index in [0.717, 1.165) is 4.48 Å². The van der Waals surface area contributed by atoms with Crippen LogP contribution in [-0.2, 0) is 0 Å². The third kappa shape index (κ3) is 26.1. The molecule has 0 aromatic carbocycles. The molecule has 0 heterocycles. The van der Waals surface area contributed by atoms with Gasteiger partial charge in [-0.05, 0) is 12.8 Å². The first kappa shape index (κ1) is 19.7. The molecule has 0 aliphatic rings. The summed E-state index contributed by atoms with van der Waals surface area (Å²) in [5, 5.41) is 0. The highest BCUT2D eigenvalue weighted by atomic mass is 79.9. The van der Waals surface area contributed by atoms with Crippen LogP contribution in [0.15, 0.2) is 0 Å². The largest absolute Gasteiger partial charge is 0.585 e. The van der Waals surface area contributed by atoms with Crippen LogP contribution in [0.25, 0.3) is 0 Å². The Kier molecular flexibility index (Phi) is 16.7. The van der Waals surface area contributed by atoms with Crippen LogP contribution >= 0.6 is 0 Å². The second-order valence-electron chi connectivity index (χ2n) is 5.55. The summed E-state index contributed by atoms with van der Waals surface area (Å²) in [4.78, 5) is 0. The minimum atomic E-state index is -1.44. The van der Waals surface area contributed by atoms with Gasteiger partial charge in [0.05, 0.1) is 27.7 Å². The van der Waals surface area contributed by atoms with Crippen molar-refractivity contribution in [3.8, 4) is 0 Å². The number of rotatable bonds is 9. The fourth-order valence-corrected chi connectivity index (χ4v) is 1.72. The fraction of sp³-hybridized carbons (Fsp3) is 1.00. The summed E-state index contributed by atoms with van der Waals surface area (Å²) < 4.78 is 17.9. The van der Waals surface area contributed by atoms with Gasteiger partial charge in [-0.1, -0.05) is 45.4 Å². The number of hydrogen-bond donors (Lipinski definition) is 0. The quantitative estimate of drug-likeness (QED) is 0.478. The van der Waals surface area contributed by atoms with E-state index in [2.05, 4.69) is 28.1 Å². The molecule has 0 fully saturated rings. The molecule has 0 aromatic rings. The molecule has 0 spiro atoms. The average molecular weight is 312 g/mol. The second-order valence-corrected chi connectivity index (χ2v) is 5.82. The van der Waals surface area contributed by atoms with Crippen LogP contribution in [0, 0.1) is 15.5 Å². The number of hydrogen-bond acceptors (Lipinski definition) is 2. The van der Waals surface area contributed by atoms with Gasteiger partial charge in [0.2, 0.25) is 0 Å². The van der Waals surface area contributed by atoms with Crippen LogP contribution in [0.2, 0.25) is 0 Å². The van der Waals surface area contributed by atoms with Crippen LogP contribution in [0.1, 0.15) is 58.3 Å². The Morgan fingerprint density at radius 3 is 1.47 bits per heavy atom. The first-order valence-electron chi connectivity index (χ1n) is 6.67. The normalized spacial score (nSPS) is 10.9. The van der Waals surface area contributed by atoms with Gasteiger partial charge in [-0.2, -0.15) is 0 Å². The van der Waals surface area contributed by atoms with Crippen molar-refractivity contribution in [2.24, 2.45) is 0 Å². The van der Waals surface area contributed by atoms with Crippen molar-refractivity contribution in [2.75, 3.05) is 27.7 Å². The highest BCUT2D eigenvalue weighted by Gasteiger charge is 2.04. The number of quaternary nitrogens is 1. The summed E-state index contributed by atoms with van der Waals surface area (Å²) in [6.07, 6.45) is 11.4. The molecule has 0 rings (SSSR count). The number of unbranched alkanes of at least 4 members (excludes halogenated alkanes) is 7. The van der Waals surface area contributed by atoms with Gasteiger partial charge < -0.3 is 12.9 Å². The molecule has 106 valence electrons. The lowest BCUT2D eigenvalue weighted by molar-refractivity contribution is -1.41. The SMILES string of the molecule is CCCCCCCCCC[N+](C)(C)C.[O-][Br+][O-]. The molecule has 0 bridgehead atoms. The van der Waals surface area contributed by atoms with E-state index >= 15 is 0 Å².